The van der Waals surface area contributed by atoms with Crippen LogP contribution in [0.25, 0.3) is 0 Å². The Bertz CT molecular complexity index is 416. The minimum atomic E-state index is -0.394. The van der Waals surface area contributed by atoms with Crippen molar-refractivity contribution in [1.82, 2.24) is 10.6 Å². The van der Waals surface area contributed by atoms with Crippen molar-refractivity contribution < 1.29 is 9.59 Å². The fraction of sp³-hybridized carbons (Fsp3) is 0.750. The van der Waals surface area contributed by atoms with Crippen molar-refractivity contribution in [1.29, 1.82) is 0 Å². The van der Waals surface area contributed by atoms with Gasteiger partial charge in [-0.3, -0.25) is 14.9 Å². The van der Waals surface area contributed by atoms with Crippen LogP contribution < -0.4 is 10.6 Å². The lowest BCUT2D eigenvalue weighted by atomic mass is 10.0. The van der Waals surface area contributed by atoms with Gasteiger partial charge in [-0.05, 0) is 19.3 Å². The van der Waals surface area contributed by atoms with Crippen molar-refractivity contribution in [3.8, 4) is 0 Å². The molecule has 0 radical (unpaired) electrons. The van der Waals surface area contributed by atoms with Crippen molar-refractivity contribution in [3.63, 3.8) is 0 Å². The molecule has 98 valence electrons. The molecule has 3 rings (SSSR count). The molecule has 2 saturated heterocycles. The summed E-state index contributed by atoms with van der Waals surface area (Å²) in [7, 11) is 0. The highest BCUT2D eigenvalue weighted by molar-refractivity contribution is 8.14. The quantitative estimate of drug-likeness (QED) is 0.689. The Labute approximate surface area is 110 Å². The Morgan fingerprint density at radius 1 is 1.28 bits per heavy atom. The molecule has 1 aliphatic carbocycles. The average molecular weight is 267 g/mol. The Morgan fingerprint density at radius 2 is 2.06 bits per heavy atom. The monoisotopic (exact) mass is 267 g/mol. The minimum absolute atomic E-state index is 0.184. The number of amidine groups is 1. The molecule has 0 aromatic heterocycles. The molecular formula is C12H17N3O2S. The molecule has 18 heavy (non-hydrogen) atoms. The molecule has 3 fully saturated rings. The normalized spacial score (nSPS) is 32.9. The lowest BCUT2D eigenvalue weighted by Gasteiger charge is -2.22. The summed E-state index contributed by atoms with van der Waals surface area (Å²) in [5.74, 6) is 0.614. The van der Waals surface area contributed by atoms with Gasteiger partial charge in [0, 0.05) is 17.7 Å². The fourth-order valence-corrected chi connectivity index (χ4v) is 4.11. The highest BCUT2D eigenvalue weighted by atomic mass is 32.2. The second-order valence-electron chi connectivity index (χ2n) is 5.30. The van der Waals surface area contributed by atoms with Crippen LogP contribution >= 0.6 is 11.8 Å². The van der Waals surface area contributed by atoms with Gasteiger partial charge in [-0.1, -0.05) is 24.6 Å². The Hall–Kier alpha value is -1.04. The molecule has 5 nitrogen and oxygen atoms in total. The van der Waals surface area contributed by atoms with Gasteiger partial charge < -0.3 is 5.32 Å². The van der Waals surface area contributed by atoms with Crippen LogP contribution in [-0.2, 0) is 9.59 Å². The first kappa shape index (κ1) is 12.0. The number of imide groups is 1. The number of carbonyl (C=O) groups excluding carboxylic acids is 2. The molecule has 2 heterocycles. The largest absolute Gasteiger partial charge is 0.359 e. The van der Waals surface area contributed by atoms with Gasteiger partial charge in [0.1, 0.15) is 6.04 Å². The maximum Gasteiger partial charge on any atom is 0.251 e. The van der Waals surface area contributed by atoms with Crippen LogP contribution in [0.3, 0.4) is 0 Å². The van der Waals surface area contributed by atoms with Crippen LogP contribution in [0.15, 0.2) is 4.99 Å². The third-order valence-corrected chi connectivity index (χ3v) is 5.08. The summed E-state index contributed by atoms with van der Waals surface area (Å²) in [4.78, 5) is 27.2. The molecule has 0 aromatic rings. The number of aliphatic imine (C=N–C) groups is 1. The van der Waals surface area contributed by atoms with Gasteiger partial charge in [0.25, 0.3) is 5.91 Å². The van der Waals surface area contributed by atoms with Gasteiger partial charge in [0.2, 0.25) is 5.91 Å². The molecule has 6 heteroatoms. The lowest BCUT2D eigenvalue weighted by Crippen LogP contribution is -2.45. The molecular weight excluding hydrogens is 250 g/mol. The van der Waals surface area contributed by atoms with Crippen molar-refractivity contribution >= 4 is 28.7 Å². The first-order chi connectivity index (χ1) is 8.67. The van der Waals surface area contributed by atoms with Gasteiger partial charge in [-0.2, -0.15) is 0 Å². The van der Waals surface area contributed by atoms with E-state index in [0.29, 0.717) is 12.8 Å². The number of hydrogen-bond donors (Lipinski definition) is 2. The predicted molar refractivity (Wildman–Crippen MR) is 70.4 cm³/mol. The van der Waals surface area contributed by atoms with E-state index in [9.17, 15) is 9.59 Å². The third-order valence-electron chi connectivity index (χ3n) is 3.90. The summed E-state index contributed by atoms with van der Waals surface area (Å²) in [6.07, 6.45) is 5.88. The predicted octanol–water partition coefficient (Wildman–Crippen LogP) is 0.797. The molecule has 1 spiro atoms. The standard InChI is InChI=1S/C12H17N3O2S/c16-9-4-3-8(10(17)14-9)13-11-15-12(7-18-11)5-1-2-6-12/h8H,1-7H2,(H,13,15)(H,14,16,17). The number of amides is 2. The fourth-order valence-electron chi connectivity index (χ4n) is 2.84. The zero-order chi connectivity index (χ0) is 12.6. The van der Waals surface area contributed by atoms with Gasteiger partial charge >= 0.3 is 0 Å². The van der Waals surface area contributed by atoms with E-state index in [1.807, 2.05) is 0 Å². The van der Waals surface area contributed by atoms with Gasteiger partial charge in [-0.15, -0.1) is 0 Å². The van der Waals surface area contributed by atoms with Crippen LogP contribution in [0, 0.1) is 0 Å². The maximum atomic E-state index is 11.6. The van der Waals surface area contributed by atoms with E-state index in [1.54, 1.807) is 11.8 Å². The Balaban J connectivity index is 1.66. The summed E-state index contributed by atoms with van der Waals surface area (Å²) in [5.41, 5.74) is 0.227. The number of nitrogens with one attached hydrogen (secondary N) is 2. The number of piperidine rings is 1. The smallest absolute Gasteiger partial charge is 0.251 e. The molecule has 2 amide bonds. The molecule has 1 saturated carbocycles. The first-order valence-corrected chi connectivity index (χ1v) is 7.48. The molecule has 0 bridgehead atoms. The summed E-state index contributed by atoms with van der Waals surface area (Å²) in [6.45, 7) is 0. The van der Waals surface area contributed by atoms with E-state index in [1.165, 1.54) is 25.7 Å². The van der Waals surface area contributed by atoms with Gasteiger partial charge in [0.05, 0.1) is 0 Å². The second kappa shape index (κ2) is 4.57. The van der Waals surface area contributed by atoms with E-state index in [-0.39, 0.29) is 17.4 Å². The summed E-state index contributed by atoms with van der Waals surface area (Å²) >= 11 is 1.71. The average Bonchev–Trinajstić information content (AvgIpc) is 2.94. The molecule has 2 aliphatic heterocycles. The second-order valence-corrected chi connectivity index (χ2v) is 6.27. The van der Waals surface area contributed by atoms with E-state index in [0.717, 1.165) is 10.9 Å². The maximum absolute atomic E-state index is 11.6. The van der Waals surface area contributed by atoms with Gasteiger partial charge in [-0.25, -0.2) is 4.99 Å². The number of rotatable bonds is 1. The van der Waals surface area contributed by atoms with Crippen LogP contribution in [0.2, 0.25) is 0 Å². The zero-order valence-corrected chi connectivity index (χ0v) is 11.0. The number of thioether (sulfide) groups is 1. The lowest BCUT2D eigenvalue weighted by molar-refractivity contribution is -0.133. The Kier molecular flexibility index (Phi) is 3.05. The van der Waals surface area contributed by atoms with Crippen LogP contribution in [0.1, 0.15) is 38.5 Å². The highest BCUT2D eigenvalue weighted by Crippen LogP contribution is 2.37. The minimum Gasteiger partial charge on any atom is -0.359 e. The topological polar surface area (TPSA) is 70.6 Å². The first-order valence-electron chi connectivity index (χ1n) is 6.49. The summed E-state index contributed by atoms with van der Waals surface area (Å²) in [6, 6.07) is -0.394. The van der Waals surface area contributed by atoms with Crippen LogP contribution in [0.5, 0.6) is 0 Å². The summed E-state index contributed by atoms with van der Waals surface area (Å²) < 4.78 is 0. The van der Waals surface area contributed by atoms with E-state index in [4.69, 9.17) is 0 Å². The third kappa shape index (κ3) is 2.25. The Morgan fingerprint density at radius 3 is 2.78 bits per heavy atom. The van der Waals surface area contributed by atoms with Crippen molar-refractivity contribution in [2.75, 3.05) is 5.75 Å². The molecule has 0 aromatic carbocycles. The number of carbonyl (C=O) groups is 2. The SMILES string of the molecule is O=C1CCC(N=C2NC3(CCCC3)CS2)C(=O)N1. The molecule has 2 N–H and O–H groups in total. The van der Waals surface area contributed by atoms with Gasteiger partial charge in [0.15, 0.2) is 5.17 Å². The van der Waals surface area contributed by atoms with Crippen LogP contribution in [-0.4, -0.2) is 34.3 Å². The molecule has 1 unspecified atom stereocenters. The van der Waals surface area contributed by atoms with Crippen LogP contribution in [0.4, 0.5) is 0 Å². The van der Waals surface area contributed by atoms with E-state index in [2.05, 4.69) is 15.6 Å². The van der Waals surface area contributed by atoms with E-state index < -0.39 is 6.04 Å². The van der Waals surface area contributed by atoms with Crippen molar-refractivity contribution in [3.05, 3.63) is 0 Å². The molecule has 3 aliphatic rings. The van der Waals surface area contributed by atoms with E-state index >= 15 is 0 Å². The molecule has 1 atom stereocenters. The van der Waals surface area contributed by atoms with Crippen molar-refractivity contribution in [2.45, 2.75) is 50.1 Å². The number of nitrogens with zero attached hydrogens (tertiary/aromatic N) is 1. The highest BCUT2D eigenvalue weighted by Gasteiger charge is 2.40. The van der Waals surface area contributed by atoms with Crippen molar-refractivity contribution in [2.24, 2.45) is 4.99 Å². The number of hydrogen-bond acceptors (Lipinski definition) is 4. The summed E-state index contributed by atoms with van der Waals surface area (Å²) in [5, 5.41) is 6.72. The zero-order valence-electron chi connectivity index (χ0n) is 10.2.